The number of carbonyl (C=O) groups excluding carboxylic acids is 2. The van der Waals surface area contributed by atoms with Crippen molar-refractivity contribution in [3.05, 3.63) is 95.1 Å². The fraction of sp³-hybridized carbons (Fsp3) is 0.500. The number of allylic oxidation sites excluding steroid dienone is 1. The van der Waals surface area contributed by atoms with Crippen molar-refractivity contribution in [2.45, 2.75) is 107 Å². The van der Waals surface area contributed by atoms with Crippen molar-refractivity contribution in [2.75, 3.05) is 19.6 Å². The zero-order chi connectivity index (χ0) is 35.8. The molecule has 45 heavy (non-hydrogen) atoms. The largest absolute Gasteiger partial charge is 0.457 e. The molecule has 0 bridgehead atoms. The minimum Gasteiger partial charge on any atom is -0.457 e. The van der Waals surface area contributed by atoms with E-state index in [0.29, 0.717) is 17.8 Å². The van der Waals surface area contributed by atoms with Crippen molar-refractivity contribution in [1.82, 2.24) is 4.90 Å². The van der Waals surface area contributed by atoms with Crippen molar-refractivity contribution < 1.29 is 19.4 Å². The molecule has 0 spiro atoms. The van der Waals surface area contributed by atoms with Crippen molar-refractivity contribution in [3.63, 3.8) is 0 Å². The van der Waals surface area contributed by atoms with Crippen LogP contribution in [0.15, 0.2) is 72.8 Å². The van der Waals surface area contributed by atoms with Crippen LogP contribution in [-0.2, 0) is 38.4 Å². The van der Waals surface area contributed by atoms with Gasteiger partial charge in [0.15, 0.2) is 0 Å². The van der Waals surface area contributed by atoms with Gasteiger partial charge in [-0.05, 0) is 78.2 Å². The molecule has 0 saturated carbocycles. The molecule has 0 aliphatic carbocycles. The number of esters is 1. The SMILES string of the molecule is C=C(C)C(=O)Cl.C=C(C)C(=O)OCc1ccc(C(C)(C)C)cc1.CC#N.CC(C)(C)c1ccc(CO)cc1.CCN(CC)CC. The number of nitriles is 1. The normalized spacial score (nSPS) is 10.1. The lowest BCUT2D eigenvalue weighted by Crippen LogP contribution is -2.21. The summed E-state index contributed by atoms with van der Waals surface area (Å²) in [5, 5.41) is 15.7. The number of ether oxygens (including phenoxy) is 1. The fourth-order valence-corrected chi connectivity index (χ4v) is 3.15. The lowest BCUT2D eigenvalue weighted by molar-refractivity contribution is -0.140. The van der Waals surface area contributed by atoms with Crippen LogP contribution in [0.3, 0.4) is 0 Å². The standard InChI is InChI=1S/C15H20O2.C11H16O.C6H15N.C4H5ClO.C2H3N/c1-11(2)14(16)17-10-12-6-8-13(9-7-12)15(3,4)5;1-11(2,3)10-6-4-9(8-12)5-7-10;1-4-7(5-2)6-3;1-3(2)4(5)6;1-2-3/h6-9H,1,10H2,2-5H3;4-7,12H,8H2,1-3H3;4-6H2,1-3H3;1H2,2H3;1H3. The van der Waals surface area contributed by atoms with E-state index in [4.69, 9.17) is 26.7 Å². The zero-order valence-electron chi connectivity index (χ0n) is 30.0. The van der Waals surface area contributed by atoms with Crippen LogP contribution >= 0.6 is 11.6 Å². The van der Waals surface area contributed by atoms with E-state index in [1.807, 2.05) is 24.3 Å². The maximum absolute atomic E-state index is 11.2. The topological polar surface area (TPSA) is 90.6 Å². The van der Waals surface area contributed by atoms with Crippen LogP contribution in [0.5, 0.6) is 0 Å². The highest BCUT2D eigenvalue weighted by Crippen LogP contribution is 2.23. The Morgan fingerprint density at radius 1 is 0.800 bits per heavy atom. The molecule has 0 unspecified atom stereocenters. The first-order valence-electron chi connectivity index (χ1n) is 15.3. The van der Waals surface area contributed by atoms with Gasteiger partial charge in [-0.15, -0.1) is 0 Å². The number of aliphatic hydroxyl groups is 1. The molecule has 2 rings (SSSR count). The summed E-state index contributed by atoms with van der Waals surface area (Å²) >= 11 is 4.87. The third-order valence-electron chi connectivity index (χ3n) is 6.22. The first-order valence-corrected chi connectivity index (χ1v) is 15.6. The molecule has 0 atom stereocenters. The quantitative estimate of drug-likeness (QED) is 0.175. The highest BCUT2D eigenvalue weighted by Gasteiger charge is 2.13. The monoisotopic (exact) mass is 642 g/mol. The van der Waals surface area contributed by atoms with Crippen molar-refractivity contribution in [1.29, 1.82) is 5.26 Å². The average Bonchev–Trinajstić information content (AvgIpc) is 2.97. The van der Waals surface area contributed by atoms with Gasteiger partial charge in [-0.3, -0.25) is 4.79 Å². The van der Waals surface area contributed by atoms with Crippen LogP contribution in [0.2, 0.25) is 0 Å². The fourth-order valence-electron chi connectivity index (χ4n) is 3.15. The molecule has 0 aliphatic rings. The molecular weight excluding hydrogens is 584 g/mol. The van der Waals surface area contributed by atoms with E-state index in [9.17, 15) is 9.59 Å². The van der Waals surface area contributed by atoms with E-state index in [1.54, 1.807) is 19.9 Å². The highest BCUT2D eigenvalue weighted by molar-refractivity contribution is 6.67. The van der Waals surface area contributed by atoms with E-state index < -0.39 is 5.24 Å². The number of halogens is 1. The van der Waals surface area contributed by atoms with Gasteiger partial charge in [0.2, 0.25) is 5.24 Å². The van der Waals surface area contributed by atoms with Crippen LogP contribution in [0.1, 0.15) is 105 Å². The molecule has 7 heteroatoms. The van der Waals surface area contributed by atoms with Crippen molar-refractivity contribution >= 4 is 22.8 Å². The Balaban J connectivity index is -0.000000548. The Morgan fingerprint density at radius 3 is 1.31 bits per heavy atom. The van der Waals surface area contributed by atoms with Gasteiger partial charge in [-0.2, -0.15) is 5.26 Å². The van der Waals surface area contributed by atoms with Crippen LogP contribution in [0, 0.1) is 11.3 Å². The molecule has 6 nitrogen and oxygen atoms in total. The van der Waals surface area contributed by atoms with E-state index in [0.717, 1.165) is 11.1 Å². The van der Waals surface area contributed by atoms with Crippen LogP contribution in [0.4, 0.5) is 0 Å². The predicted molar refractivity (Wildman–Crippen MR) is 191 cm³/mol. The zero-order valence-corrected chi connectivity index (χ0v) is 30.8. The molecule has 252 valence electrons. The van der Waals surface area contributed by atoms with Crippen molar-refractivity contribution in [3.8, 4) is 6.07 Å². The van der Waals surface area contributed by atoms with Gasteiger partial charge in [0.25, 0.3) is 0 Å². The second kappa shape index (κ2) is 25.0. The third-order valence-corrected chi connectivity index (χ3v) is 6.54. The molecule has 2 aromatic carbocycles. The summed E-state index contributed by atoms with van der Waals surface area (Å²) in [6.45, 7) is 35.1. The second-order valence-corrected chi connectivity index (χ2v) is 12.6. The number of aliphatic hydroxyl groups excluding tert-OH is 1. The number of rotatable bonds is 8. The predicted octanol–water partition coefficient (Wildman–Crippen LogP) is 9.29. The number of hydrogen-bond acceptors (Lipinski definition) is 6. The molecule has 0 fully saturated rings. The van der Waals surface area contributed by atoms with Crippen LogP contribution in [0.25, 0.3) is 0 Å². The Kier molecular flexibility index (Phi) is 25.7. The summed E-state index contributed by atoms with van der Waals surface area (Å²) in [6.07, 6.45) is 0. The van der Waals surface area contributed by atoms with Gasteiger partial charge in [0, 0.05) is 18.1 Å². The second-order valence-electron chi connectivity index (χ2n) is 12.3. The van der Waals surface area contributed by atoms with E-state index in [-0.39, 0.29) is 23.4 Å². The molecular formula is C38H59ClN2O4. The average molecular weight is 643 g/mol. The molecule has 2 aromatic rings. The minimum atomic E-state index is -0.463. The number of hydrogen-bond donors (Lipinski definition) is 1. The molecule has 1 N–H and O–H groups in total. The van der Waals surface area contributed by atoms with Gasteiger partial charge in [0.1, 0.15) is 6.61 Å². The maximum Gasteiger partial charge on any atom is 0.333 e. The molecule has 0 aliphatic heterocycles. The summed E-state index contributed by atoms with van der Waals surface area (Å²) in [7, 11) is 0. The lowest BCUT2D eigenvalue weighted by atomic mass is 9.87. The molecule has 0 radical (unpaired) electrons. The van der Waals surface area contributed by atoms with E-state index >= 15 is 0 Å². The first-order chi connectivity index (χ1) is 20.7. The maximum atomic E-state index is 11.2. The smallest absolute Gasteiger partial charge is 0.333 e. The third kappa shape index (κ3) is 24.7. The number of benzene rings is 2. The van der Waals surface area contributed by atoms with Gasteiger partial charge in [0.05, 0.1) is 12.7 Å². The lowest BCUT2D eigenvalue weighted by Gasteiger charge is -2.19. The van der Waals surface area contributed by atoms with Crippen LogP contribution < -0.4 is 0 Å². The summed E-state index contributed by atoms with van der Waals surface area (Å²) < 4.78 is 5.08. The van der Waals surface area contributed by atoms with E-state index in [2.05, 4.69) is 105 Å². The Morgan fingerprint density at radius 2 is 1.11 bits per heavy atom. The van der Waals surface area contributed by atoms with Gasteiger partial charge in [-0.25, -0.2) is 4.79 Å². The molecule has 0 heterocycles. The minimum absolute atomic E-state index is 0.129. The van der Waals surface area contributed by atoms with E-state index in [1.165, 1.54) is 37.7 Å². The first kappa shape index (κ1) is 46.2. The summed E-state index contributed by atoms with van der Waals surface area (Å²) in [5.41, 5.74) is 5.71. The summed E-state index contributed by atoms with van der Waals surface area (Å²) in [5.74, 6) is -0.343. The van der Waals surface area contributed by atoms with Crippen molar-refractivity contribution in [2.24, 2.45) is 0 Å². The van der Waals surface area contributed by atoms with Gasteiger partial charge >= 0.3 is 5.97 Å². The number of nitrogens with zero attached hydrogens (tertiary/aromatic N) is 2. The summed E-state index contributed by atoms with van der Waals surface area (Å²) in [4.78, 5) is 23.4. The van der Waals surface area contributed by atoms with Gasteiger partial charge in [-0.1, -0.05) is 124 Å². The molecule has 0 aromatic heterocycles. The van der Waals surface area contributed by atoms with Gasteiger partial charge < -0.3 is 14.7 Å². The molecule has 0 saturated heterocycles. The number of carbonyl (C=O) groups is 2. The Bertz CT molecular complexity index is 1150. The summed E-state index contributed by atoms with van der Waals surface area (Å²) in [6, 6.07) is 18.0. The Labute approximate surface area is 279 Å². The highest BCUT2D eigenvalue weighted by atomic mass is 35.5. The van der Waals surface area contributed by atoms with Crippen LogP contribution in [-0.4, -0.2) is 40.9 Å². The molecule has 0 amide bonds. The Hall–Kier alpha value is -3.24.